The first kappa shape index (κ1) is 13.1. The van der Waals surface area contributed by atoms with E-state index in [4.69, 9.17) is 0 Å². The van der Waals surface area contributed by atoms with Gasteiger partial charge < -0.3 is 10.2 Å². The highest BCUT2D eigenvalue weighted by atomic mass is 79.9. The van der Waals surface area contributed by atoms with Crippen molar-refractivity contribution < 1.29 is 4.79 Å². The van der Waals surface area contributed by atoms with E-state index in [9.17, 15) is 4.79 Å². The van der Waals surface area contributed by atoms with E-state index in [-0.39, 0.29) is 5.91 Å². The smallest absolute Gasteiger partial charge is 0.255 e. The lowest BCUT2D eigenvalue weighted by Crippen LogP contribution is -2.33. The number of nitrogens with zero attached hydrogens (tertiary/aromatic N) is 1. The Morgan fingerprint density at radius 3 is 2.95 bits per heavy atom. The van der Waals surface area contributed by atoms with E-state index in [1.807, 2.05) is 30.0 Å². The minimum absolute atomic E-state index is 0.163. The topological polar surface area (TPSA) is 32.3 Å². The summed E-state index contributed by atoms with van der Waals surface area (Å²) in [5, 5.41) is 3.43. The zero-order valence-corrected chi connectivity index (χ0v) is 12.8. The Labute approximate surface area is 122 Å². The molecule has 2 aliphatic heterocycles. The molecule has 102 valence electrons. The second kappa shape index (κ2) is 4.91. The number of rotatable bonds is 1. The van der Waals surface area contributed by atoms with E-state index < -0.39 is 0 Å². The molecule has 2 heterocycles. The van der Waals surface area contributed by atoms with Crippen molar-refractivity contribution in [2.24, 2.45) is 5.41 Å². The number of amides is 1. The maximum atomic E-state index is 12.6. The molecule has 1 spiro atoms. The SMILES string of the molecule is Cc1ccc(C(=O)N2CCC3(CCNC3)C2)c(Br)c1. The van der Waals surface area contributed by atoms with E-state index in [1.54, 1.807) is 0 Å². The van der Waals surface area contributed by atoms with Crippen LogP contribution in [0.4, 0.5) is 0 Å². The Bertz CT molecular complexity index is 509. The number of halogens is 1. The summed E-state index contributed by atoms with van der Waals surface area (Å²) in [6.45, 7) is 5.98. The predicted octanol–water partition coefficient (Wildman–Crippen LogP) is 2.58. The molecule has 2 aliphatic rings. The van der Waals surface area contributed by atoms with Crippen LogP contribution >= 0.6 is 15.9 Å². The van der Waals surface area contributed by atoms with E-state index in [2.05, 4.69) is 21.2 Å². The summed E-state index contributed by atoms with van der Waals surface area (Å²) in [5.41, 5.74) is 2.29. The molecule has 2 saturated heterocycles. The molecule has 1 aromatic rings. The second-order valence-electron chi connectivity index (χ2n) is 5.89. The highest BCUT2D eigenvalue weighted by Crippen LogP contribution is 2.37. The minimum Gasteiger partial charge on any atom is -0.338 e. The van der Waals surface area contributed by atoms with Gasteiger partial charge in [0.1, 0.15) is 0 Å². The third kappa shape index (κ3) is 2.43. The molecule has 1 N–H and O–H groups in total. The van der Waals surface area contributed by atoms with Crippen molar-refractivity contribution in [3.63, 3.8) is 0 Å². The fourth-order valence-electron chi connectivity index (χ4n) is 3.22. The van der Waals surface area contributed by atoms with Crippen LogP contribution in [0.2, 0.25) is 0 Å². The van der Waals surface area contributed by atoms with Crippen molar-refractivity contribution >= 4 is 21.8 Å². The molecular weight excluding hydrogens is 304 g/mol. The van der Waals surface area contributed by atoms with Gasteiger partial charge in [-0.05, 0) is 59.9 Å². The quantitative estimate of drug-likeness (QED) is 0.862. The van der Waals surface area contributed by atoms with Crippen molar-refractivity contribution in [2.45, 2.75) is 19.8 Å². The number of carbonyl (C=O) groups is 1. The molecule has 19 heavy (non-hydrogen) atoms. The number of hydrogen-bond acceptors (Lipinski definition) is 2. The molecule has 1 amide bonds. The maximum Gasteiger partial charge on any atom is 0.255 e. The second-order valence-corrected chi connectivity index (χ2v) is 6.74. The molecule has 3 rings (SSSR count). The molecule has 1 unspecified atom stereocenters. The zero-order chi connectivity index (χ0) is 13.5. The molecular formula is C15H19BrN2O. The molecule has 0 bridgehead atoms. The van der Waals surface area contributed by atoms with E-state index in [1.165, 1.54) is 12.0 Å². The van der Waals surface area contributed by atoms with Crippen molar-refractivity contribution in [1.82, 2.24) is 10.2 Å². The van der Waals surface area contributed by atoms with Crippen molar-refractivity contribution in [1.29, 1.82) is 0 Å². The lowest BCUT2D eigenvalue weighted by atomic mass is 9.86. The van der Waals surface area contributed by atoms with Gasteiger partial charge in [0.2, 0.25) is 0 Å². The van der Waals surface area contributed by atoms with E-state index >= 15 is 0 Å². The average molecular weight is 323 g/mol. The number of carbonyl (C=O) groups excluding carboxylic acids is 1. The maximum absolute atomic E-state index is 12.6. The summed E-state index contributed by atoms with van der Waals surface area (Å²) >= 11 is 3.51. The normalized spacial score (nSPS) is 26.3. The standard InChI is InChI=1S/C15H19BrN2O/c1-11-2-3-12(13(16)8-11)14(19)18-7-5-15(10-18)4-6-17-9-15/h2-3,8,17H,4-7,9-10H2,1H3. The number of aryl methyl sites for hydroxylation is 1. The Hall–Kier alpha value is -0.870. The third-order valence-electron chi connectivity index (χ3n) is 4.41. The lowest BCUT2D eigenvalue weighted by molar-refractivity contribution is 0.0775. The lowest BCUT2D eigenvalue weighted by Gasteiger charge is -2.23. The van der Waals surface area contributed by atoms with Crippen LogP contribution in [0.5, 0.6) is 0 Å². The molecule has 3 nitrogen and oxygen atoms in total. The van der Waals surface area contributed by atoms with Crippen molar-refractivity contribution in [2.75, 3.05) is 26.2 Å². The van der Waals surface area contributed by atoms with Crippen LogP contribution in [0.3, 0.4) is 0 Å². The van der Waals surface area contributed by atoms with Crippen LogP contribution in [0.25, 0.3) is 0 Å². The Balaban J connectivity index is 1.78. The first-order chi connectivity index (χ1) is 9.10. The predicted molar refractivity (Wildman–Crippen MR) is 79.3 cm³/mol. The third-order valence-corrected chi connectivity index (χ3v) is 5.07. The van der Waals surface area contributed by atoms with Gasteiger partial charge in [-0.25, -0.2) is 0 Å². The van der Waals surface area contributed by atoms with Gasteiger partial charge in [-0.3, -0.25) is 4.79 Å². The molecule has 1 atom stereocenters. The van der Waals surface area contributed by atoms with Gasteiger partial charge in [-0.1, -0.05) is 6.07 Å². The highest BCUT2D eigenvalue weighted by molar-refractivity contribution is 9.10. The van der Waals surface area contributed by atoms with Crippen LogP contribution in [0.1, 0.15) is 28.8 Å². The number of benzene rings is 1. The Kier molecular flexibility index (Phi) is 3.39. The minimum atomic E-state index is 0.163. The number of nitrogens with one attached hydrogen (secondary N) is 1. The number of likely N-dealkylation sites (tertiary alicyclic amines) is 1. The summed E-state index contributed by atoms with van der Waals surface area (Å²) in [6, 6.07) is 5.94. The van der Waals surface area contributed by atoms with Gasteiger partial charge in [0.05, 0.1) is 5.56 Å². The van der Waals surface area contributed by atoms with Crippen LogP contribution in [0.15, 0.2) is 22.7 Å². The summed E-state index contributed by atoms with van der Waals surface area (Å²) < 4.78 is 0.906. The molecule has 0 radical (unpaired) electrons. The molecule has 0 aromatic heterocycles. The van der Waals surface area contributed by atoms with Gasteiger partial charge in [0.15, 0.2) is 0 Å². The summed E-state index contributed by atoms with van der Waals surface area (Å²) in [6.07, 6.45) is 2.33. The molecule has 0 saturated carbocycles. The van der Waals surface area contributed by atoms with Crippen LogP contribution in [0, 0.1) is 12.3 Å². The molecule has 0 aliphatic carbocycles. The largest absolute Gasteiger partial charge is 0.338 e. The fraction of sp³-hybridized carbons (Fsp3) is 0.533. The van der Waals surface area contributed by atoms with Gasteiger partial charge in [-0.15, -0.1) is 0 Å². The monoisotopic (exact) mass is 322 g/mol. The Morgan fingerprint density at radius 1 is 1.42 bits per heavy atom. The molecule has 1 aromatic carbocycles. The van der Waals surface area contributed by atoms with Gasteiger partial charge >= 0.3 is 0 Å². The van der Waals surface area contributed by atoms with Gasteiger partial charge in [0.25, 0.3) is 5.91 Å². The van der Waals surface area contributed by atoms with Crippen LogP contribution < -0.4 is 5.32 Å². The first-order valence-corrected chi connectivity index (χ1v) is 7.65. The van der Waals surface area contributed by atoms with Crippen LogP contribution in [-0.2, 0) is 0 Å². The first-order valence-electron chi connectivity index (χ1n) is 6.86. The zero-order valence-electron chi connectivity index (χ0n) is 11.2. The summed E-state index contributed by atoms with van der Waals surface area (Å²) in [4.78, 5) is 14.6. The summed E-state index contributed by atoms with van der Waals surface area (Å²) in [5.74, 6) is 0.163. The highest BCUT2D eigenvalue weighted by Gasteiger charge is 2.42. The van der Waals surface area contributed by atoms with Gasteiger partial charge in [-0.2, -0.15) is 0 Å². The van der Waals surface area contributed by atoms with Gasteiger partial charge in [0, 0.05) is 29.5 Å². The van der Waals surface area contributed by atoms with Crippen molar-refractivity contribution in [3.8, 4) is 0 Å². The fourth-order valence-corrected chi connectivity index (χ4v) is 3.88. The van der Waals surface area contributed by atoms with E-state index in [0.29, 0.717) is 5.41 Å². The molecule has 2 fully saturated rings. The number of hydrogen-bond donors (Lipinski definition) is 1. The molecule has 4 heteroatoms. The summed E-state index contributed by atoms with van der Waals surface area (Å²) in [7, 11) is 0. The van der Waals surface area contributed by atoms with Crippen LogP contribution in [-0.4, -0.2) is 37.0 Å². The average Bonchev–Trinajstić information content (AvgIpc) is 3.00. The van der Waals surface area contributed by atoms with E-state index in [0.717, 1.165) is 42.6 Å². The Morgan fingerprint density at radius 2 is 2.26 bits per heavy atom. The van der Waals surface area contributed by atoms with Crippen molar-refractivity contribution in [3.05, 3.63) is 33.8 Å².